The quantitative estimate of drug-likeness (QED) is 0.604. The average molecular weight is 327 g/mol. The predicted molar refractivity (Wildman–Crippen MR) is 91.6 cm³/mol. The number of aromatic nitrogens is 4. The van der Waals surface area contributed by atoms with Crippen LogP contribution < -0.4 is 5.32 Å². The molecule has 3 aromatic rings. The highest BCUT2D eigenvalue weighted by atomic mass is 16.3. The molecule has 2 atom stereocenters. The highest BCUT2D eigenvalue weighted by Gasteiger charge is 2.14. The summed E-state index contributed by atoms with van der Waals surface area (Å²) in [6, 6.07) is 10.4. The topological polar surface area (TPSA) is 96.1 Å². The number of aliphatic hydroxyl groups is 2. The maximum Gasteiger partial charge on any atom is 0.165 e. The number of imidazole rings is 1. The van der Waals surface area contributed by atoms with Gasteiger partial charge in [-0.3, -0.25) is 0 Å². The predicted octanol–water partition coefficient (Wildman–Crippen LogP) is 1.22. The third kappa shape index (κ3) is 3.69. The summed E-state index contributed by atoms with van der Waals surface area (Å²) in [5.74, 6) is 0.667. The lowest BCUT2D eigenvalue weighted by atomic mass is 10.1. The molecule has 0 aliphatic heterocycles. The van der Waals surface area contributed by atoms with Crippen LogP contribution >= 0.6 is 0 Å². The molecule has 0 aliphatic carbocycles. The van der Waals surface area contributed by atoms with E-state index in [0.717, 1.165) is 6.42 Å². The van der Waals surface area contributed by atoms with E-state index in [1.165, 1.54) is 11.9 Å². The average Bonchev–Trinajstić information content (AvgIpc) is 2.99. The van der Waals surface area contributed by atoms with Gasteiger partial charge in [0.25, 0.3) is 0 Å². The zero-order valence-electron chi connectivity index (χ0n) is 13.5. The third-order valence-corrected chi connectivity index (χ3v) is 3.79. The molecule has 24 heavy (non-hydrogen) atoms. The van der Waals surface area contributed by atoms with E-state index in [1.807, 2.05) is 18.2 Å². The fourth-order valence-corrected chi connectivity index (χ4v) is 2.66. The molecule has 0 radical (unpaired) electrons. The standard InChI is InChI=1S/C17H21N5O2/c1-12(7-13-5-3-2-4-6-13)21-16-15-17(19-10-18-16)22(11-20-15)8-14(24)9-23/h2-6,10-12,14,23-24H,7-9H2,1H3,(H,18,19,21)/t12-,14+/m1/s1. The second-order valence-electron chi connectivity index (χ2n) is 5.86. The zero-order chi connectivity index (χ0) is 16.9. The van der Waals surface area contributed by atoms with E-state index >= 15 is 0 Å². The molecule has 1 aromatic carbocycles. The molecule has 7 heteroatoms. The van der Waals surface area contributed by atoms with E-state index in [9.17, 15) is 5.11 Å². The van der Waals surface area contributed by atoms with Crippen molar-refractivity contribution in [3.05, 3.63) is 48.5 Å². The van der Waals surface area contributed by atoms with Gasteiger partial charge in [0.15, 0.2) is 11.5 Å². The van der Waals surface area contributed by atoms with Crippen molar-refractivity contribution >= 4 is 17.0 Å². The molecule has 2 heterocycles. The van der Waals surface area contributed by atoms with Gasteiger partial charge in [-0.15, -0.1) is 0 Å². The van der Waals surface area contributed by atoms with Crippen molar-refractivity contribution in [1.82, 2.24) is 19.5 Å². The molecule has 0 amide bonds. The molecule has 0 bridgehead atoms. The number of rotatable bonds is 7. The minimum absolute atomic E-state index is 0.179. The van der Waals surface area contributed by atoms with Crippen LogP contribution in [0.1, 0.15) is 12.5 Å². The molecule has 3 N–H and O–H groups in total. The Morgan fingerprint density at radius 2 is 1.96 bits per heavy atom. The highest BCUT2D eigenvalue weighted by molar-refractivity contribution is 5.82. The monoisotopic (exact) mass is 327 g/mol. The molecule has 0 unspecified atom stereocenters. The molecule has 7 nitrogen and oxygen atoms in total. The van der Waals surface area contributed by atoms with Gasteiger partial charge in [0, 0.05) is 6.04 Å². The molecule has 0 saturated heterocycles. The van der Waals surface area contributed by atoms with Crippen molar-refractivity contribution in [3.8, 4) is 0 Å². The number of hydrogen-bond acceptors (Lipinski definition) is 6. The first-order valence-corrected chi connectivity index (χ1v) is 7.92. The molecular weight excluding hydrogens is 306 g/mol. The van der Waals surface area contributed by atoms with E-state index in [0.29, 0.717) is 17.0 Å². The Bertz CT molecular complexity index is 790. The van der Waals surface area contributed by atoms with Crippen molar-refractivity contribution in [1.29, 1.82) is 0 Å². The van der Waals surface area contributed by atoms with Crippen LogP contribution in [-0.2, 0) is 13.0 Å². The normalized spacial score (nSPS) is 13.8. The molecule has 126 valence electrons. The summed E-state index contributed by atoms with van der Waals surface area (Å²) < 4.78 is 1.71. The molecule has 3 rings (SSSR count). The van der Waals surface area contributed by atoms with Gasteiger partial charge in [-0.2, -0.15) is 0 Å². The number of nitrogens with zero attached hydrogens (tertiary/aromatic N) is 4. The van der Waals surface area contributed by atoms with Crippen molar-refractivity contribution in [2.45, 2.75) is 32.0 Å². The Morgan fingerprint density at radius 3 is 2.71 bits per heavy atom. The zero-order valence-corrected chi connectivity index (χ0v) is 13.5. The molecule has 0 fully saturated rings. The number of benzene rings is 1. The van der Waals surface area contributed by atoms with Crippen LogP contribution in [0.25, 0.3) is 11.2 Å². The number of aliphatic hydroxyl groups excluding tert-OH is 2. The SMILES string of the molecule is C[C@H](Cc1ccccc1)Nc1ncnc2c1ncn2C[C@H](O)CO. The van der Waals surface area contributed by atoms with Crippen molar-refractivity contribution < 1.29 is 10.2 Å². The van der Waals surface area contributed by atoms with E-state index in [2.05, 4.69) is 39.3 Å². The van der Waals surface area contributed by atoms with Gasteiger partial charge in [0.05, 0.1) is 25.6 Å². The Hall–Kier alpha value is -2.51. The van der Waals surface area contributed by atoms with Crippen LogP contribution in [0.2, 0.25) is 0 Å². The maximum atomic E-state index is 9.61. The van der Waals surface area contributed by atoms with Crippen LogP contribution in [0.4, 0.5) is 5.82 Å². The molecule has 2 aromatic heterocycles. The summed E-state index contributed by atoms with van der Waals surface area (Å²) in [6.45, 7) is 2.03. The molecule has 0 spiro atoms. The van der Waals surface area contributed by atoms with E-state index in [-0.39, 0.29) is 19.2 Å². The Morgan fingerprint density at radius 1 is 1.17 bits per heavy atom. The van der Waals surface area contributed by atoms with Crippen LogP contribution in [0.3, 0.4) is 0 Å². The minimum Gasteiger partial charge on any atom is -0.394 e. The maximum absolute atomic E-state index is 9.61. The Balaban J connectivity index is 1.77. The van der Waals surface area contributed by atoms with Gasteiger partial charge >= 0.3 is 0 Å². The largest absolute Gasteiger partial charge is 0.394 e. The van der Waals surface area contributed by atoms with Crippen molar-refractivity contribution in [3.63, 3.8) is 0 Å². The summed E-state index contributed by atoms with van der Waals surface area (Å²) in [5.41, 5.74) is 2.54. The summed E-state index contributed by atoms with van der Waals surface area (Å²) in [4.78, 5) is 12.9. The lowest BCUT2D eigenvalue weighted by Crippen LogP contribution is -2.20. The van der Waals surface area contributed by atoms with Gasteiger partial charge in [0.2, 0.25) is 0 Å². The fraction of sp³-hybridized carbons (Fsp3) is 0.353. The van der Waals surface area contributed by atoms with Crippen LogP contribution in [0, 0.1) is 0 Å². The lowest BCUT2D eigenvalue weighted by molar-refractivity contribution is 0.0820. The summed E-state index contributed by atoms with van der Waals surface area (Å²) in [7, 11) is 0. The van der Waals surface area contributed by atoms with Crippen LogP contribution in [-0.4, -0.2) is 48.5 Å². The van der Waals surface area contributed by atoms with Crippen LogP contribution in [0.15, 0.2) is 43.0 Å². The Kier molecular flexibility index (Phi) is 5.02. The van der Waals surface area contributed by atoms with Gasteiger partial charge in [-0.1, -0.05) is 30.3 Å². The Labute approximate surface area is 140 Å². The van der Waals surface area contributed by atoms with Crippen molar-refractivity contribution in [2.24, 2.45) is 0 Å². The third-order valence-electron chi connectivity index (χ3n) is 3.79. The van der Waals surface area contributed by atoms with Crippen LogP contribution in [0.5, 0.6) is 0 Å². The summed E-state index contributed by atoms with van der Waals surface area (Å²) >= 11 is 0. The highest BCUT2D eigenvalue weighted by Crippen LogP contribution is 2.19. The smallest absolute Gasteiger partial charge is 0.165 e. The van der Waals surface area contributed by atoms with Crippen molar-refractivity contribution in [2.75, 3.05) is 11.9 Å². The number of nitrogens with one attached hydrogen (secondary N) is 1. The first kappa shape index (κ1) is 16.4. The number of anilines is 1. The molecule has 0 aliphatic rings. The van der Waals surface area contributed by atoms with Gasteiger partial charge in [-0.05, 0) is 18.9 Å². The fourth-order valence-electron chi connectivity index (χ4n) is 2.66. The number of hydrogen-bond donors (Lipinski definition) is 3. The lowest BCUT2D eigenvalue weighted by Gasteiger charge is -2.15. The first-order valence-electron chi connectivity index (χ1n) is 7.92. The van der Waals surface area contributed by atoms with Gasteiger partial charge < -0.3 is 20.1 Å². The molecule has 0 saturated carbocycles. The van der Waals surface area contributed by atoms with E-state index in [1.54, 1.807) is 10.9 Å². The second kappa shape index (κ2) is 7.37. The first-order chi connectivity index (χ1) is 11.7. The summed E-state index contributed by atoms with van der Waals surface area (Å²) in [5, 5.41) is 22.0. The van der Waals surface area contributed by atoms with E-state index in [4.69, 9.17) is 5.11 Å². The van der Waals surface area contributed by atoms with Gasteiger partial charge in [0.1, 0.15) is 11.8 Å². The summed E-state index contributed by atoms with van der Waals surface area (Å²) in [6.07, 6.45) is 3.11. The minimum atomic E-state index is -0.842. The van der Waals surface area contributed by atoms with E-state index < -0.39 is 6.10 Å². The van der Waals surface area contributed by atoms with Gasteiger partial charge in [-0.25, -0.2) is 15.0 Å². The number of fused-ring (bicyclic) bond motifs is 1. The second-order valence-corrected chi connectivity index (χ2v) is 5.86. The molecular formula is C17H21N5O2.